The van der Waals surface area contributed by atoms with E-state index in [2.05, 4.69) is 10.6 Å². The van der Waals surface area contributed by atoms with Crippen molar-refractivity contribution in [2.75, 3.05) is 26.3 Å². The van der Waals surface area contributed by atoms with E-state index >= 15 is 0 Å². The highest BCUT2D eigenvalue weighted by molar-refractivity contribution is 4.68. The summed E-state index contributed by atoms with van der Waals surface area (Å²) in [5.41, 5.74) is 0. The molecule has 0 saturated carbocycles. The number of hydrogen-bond donors (Lipinski definition) is 3. The summed E-state index contributed by atoms with van der Waals surface area (Å²) >= 11 is 0. The second-order valence-electron chi connectivity index (χ2n) is 2.84. The minimum atomic E-state index is -0.293. The Balaban J connectivity index is 2.05. The molecule has 0 aromatic carbocycles. The predicted molar refractivity (Wildman–Crippen MR) is 42.3 cm³/mol. The van der Waals surface area contributed by atoms with E-state index in [1.165, 1.54) is 0 Å². The molecule has 3 N–H and O–H groups in total. The number of aliphatic hydroxyl groups excluding tert-OH is 1. The minimum absolute atomic E-state index is 0.207. The van der Waals surface area contributed by atoms with E-state index in [4.69, 9.17) is 9.84 Å². The van der Waals surface area contributed by atoms with E-state index in [1.807, 2.05) is 0 Å². The Morgan fingerprint density at radius 1 is 1.82 bits per heavy atom. The molecule has 11 heavy (non-hydrogen) atoms. The maximum Gasteiger partial charge on any atom is 0.0814 e. The molecule has 0 radical (unpaired) electrons. The van der Waals surface area contributed by atoms with Crippen molar-refractivity contribution in [3.63, 3.8) is 0 Å². The molecule has 1 rings (SSSR count). The Morgan fingerprint density at radius 3 is 3.18 bits per heavy atom. The van der Waals surface area contributed by atoms with E-state index in [0.717, 1.165) is 13.2 Å². The lowest BCUT2D eigenvalue weighted by Crippen LogP contribution is -2.52. The molecule has 1 fully saturated rings. The zero-order chi connectivity index (χ0) is 8.10. The summed E-state index contributed by atoms with van der Waals surface area (Å²) in [6.07, 6.45) is -0.0860. The molecule has 0 aliphatic carbocycles. The fourth-order valence-corrected chi connectivity index (χ4v) is 1.01. The van der Waals surface area contributed by atoms with Gasteiger partial charge in [-0.3, -0.25) is 10.6 Å². The number of morpholine rings is 1. The molecule has 4 nitrogen and oxygen atoms in total. The van der Waals surface area contributed by atoms with Gasteiger partial charge in [0.05, 0.1) is 25.5 Å². The Labute approximate surface area is 66.9 Å². The first kappa shape index (κ1) is 8.93. The fourth-order valence-electron chi connectivity index (χ4n) is 1.01. The first-order valence-electron chi connectivity index (χ1n) is 4.01. The van der Waals surface area contributed by atoms with Crippen LogP contribution < -0.4 is 10.6 Å². The van der Waals surface area contributed by atoms with Gasteiger partial charge in [0.2, 0.25) is 0 Å². The monoisotopic (exact) mass is 160 g/mol. The van der Waals surface area contributed by atoms with Crippen LogP contribution in [-0.4, -0.2) is 43.7 Å². The maximum absolute atomic E-state index is 8.95. The number of rotatable bonds is 3. The van der Waals surface area contributed by atoms with Gasteiger partial charge in [0.1, 0.15) is 0 Å². The highest BCUT2D eigenvalue weighted by atomic mass is 16.5. The lowest BCUT2D eigenvalue weighted by Gasteiger charge is -2.25. The van der Waals surface area contributed by atoms with E-state index in [-0.39, 0.29) is 12.3 Å². The van der Waals surface area contributed by atoms with Crippen LogP contribution in [0.4, 0.5) is 0 Å². The molecule has 1 aliphatic rings. The fraction of sp³-hybridized carbons (Fsp3) is 1.00. The van der Waals surface area contributed by atoms with Crippen molar-refractivity contribution in [3.05, 3.63) is 0 Å². The highest BCUT2D eigenvalue weighted by Gasteiger charge is 2.11. The Kier molecular flexibility index (Phi) is 3.79. The van der Waals surface area contributed by atoms with Crippen molar-refractivity contribution in [3.8, 4) is 0 Å². The molecule has 0 aromatic rings. The quantitative estimate of drug-likeness (QED) is 0.491. The van der Waals surface area contributed by atoms with Gasteiger partial charge in [-0.1, -0.05) is 0 Å². The Bertz CT molecular complexity index is 103. The van der Waals surface area contributed by atoms with Gasteiger partial charge >= 0.3 is 0 Å². The number of nitrogens with one attached hydrogen (secondary N) is 2. The van der Waals surface area contributed by atoms with Crippen molar-refractivity contribution >= 4 is 0 Å². The van der Waals surface area contributed by atoms with Gasteiger partial charge in [-0.05, 0) is 6.92 Å². The third-order valence-electron chi connectivity index (χ3n) is 1.58. The summed E-state index contributed by atoms with van der Waals surface area (Å²) in [5.74, 6) is 0. The minimum Gasteiger partial charge on any atom is -0.392 e. The molecular formula is C7H16N2O2. The summed E-state index contributed by atoms with van der Waals surface area (Å²) in [5, 5.41) is 15.3. The van der Waals surface area contributed by atoms with Gasteiger partial charge in [0, 0.05) is 13.1 Å². The molecule has 1 heterocycles. The zero-order valence-corrected chi connectivity index (χ0v) is 6.84. The van der Waals surface area contributed by atoms with E-state index in [9.17, 15) is 0 Å². The van der Waals surface area contributed by atoms with Crippen LogP contribution in [0.15, 0.2) is 0 Å². The molecule has 4 heteroatoms. The summed E-state index contributed by atoms with van der Waals surface area (Å²) in [6.45, 7) is 4.73. The summed E-state index contributed by atoms with van der Waals surface area (Å²) < 4.78 is 5.21. The maximum atomic E-state index is 8.95. The molecule has 0 spiro atoms. The van der Waals surface area contributed by atoms with Crippen LogP contribution >= 0.6 is 0 Å². The second-order valence-corrected chi connectivity index (χ2v) is 2.84. The summed E-state index contributed by atoms with van der Waals surface area (Å²) in [7, 11) is 0. The average molecular weight is 160 g/mol. The van der Waals surface area contributed by atoms with Gasteiger partial charge < -0.3 is 9.84 Å². The van der Waals surface area contributed by atoms with Crippen molar-refractivity contribution in [2.24, 2.45) is 0 Å². The first-order valence-corrected chi connectivity index (χ1v) is 4.01. The third-order valence-corrected chi connectivity index (χ3v) is 1.58. The smallest absolute Gasteiger partial charge is 0.0814 e. The van der Waals surface area contributed by atoms with Crippen molar-refractivity contribution < 1.29 is 9.84 Å². The van der Waals surface area contributed by atoms with Crippen molar-refractivity contribution in [2.45, 2.75) is 19.2 Å². The Morgan fingerprint density at radius 2 is 2.64 bits per heavy atom. The number of aliphatic hydroxyl groups is 1. The predicted octanol–water partition coefficient (Wildman–Crippen LogP) is -1.10. The Hall–Kier alpha value is -0.160. The van der Waals surface area contributed by atoms with Crippen molar-refractivity contribution in [1.82, 2.24) is 10.6 Å². The van der Waals surface area contributed by atoms with Gasteiger partial charge in [-0.15, -0.1) is 0 Å². The molecular weight excluding hydrogens is 144 g/mol. The van der Waals surface area contributed by atoms with E-state index in [0.29, 0.717) is 13.2 Å². The average Bonchev–Trinajstić information content (AvgIpc) is 2.03. The van der Waals surface area contributed by atoms with Crippen LogP contribution in [0.1, 0.15) is 6.92 Å². The zero-order valence-electron chi connectivity index (χ0n) is 6.84. The number of hydrogen-bond acceptors (Lipinski definition) is 4. The van der Waals surface area contributed by atoms with Gasteiger partial charge in [0.15, 0.2) is 0 Å². The SMILES string of the molecule is CC(O)CNC1COCCN1. The van der Waals surface area contributed by atoms with E-state index < -0.39 is 0 Å². The van der Waals surface area contributed by atoms with E-state index in [1.54, 1.807) is 6.92 Å². The van der Waals surface area contributed by atoms with Crippen LogP contribution in [0.3, 0.4) is 0 Å². The number of ether oxygens (including phenoxy) is 1. The molecule has 1 aliphatic heterocycles. The molecule has 0 amide bonds. The van der Waals surface area contributed by atoms with Crippen LogP contribution in [-0.2, 0) is 4.74 Å². The lowest BCUT2D eigenvalue weighted by molar-refractivity contribution is 0.0603. The van der Waals surface area contributed by atoms with Crippen LogP contribution in [0.5, 0.6) is 0 Å². The lowest BCUT2D eigenvalue weighted by atomic mass is 10.3. The van der Waals surface area contributed by atoms with Crippen LogP contribution in [0.2, 0.25) is 0 Å². The third kappa shape index (κ3) is 3.67. The molecule has 2 unspecified atom stereocenters. The highest BCUT2D eigenvalue weighted by Crippen LogP contribution is 1.88. The topological polar surface area (TPSA) is 53.5 Å². The first-order chi connectivity index (χ1) is 5.29. The largest absolute Gasteiger partial charge is 0.392 e. The van der Waals surface area contributed by atoms with Gasteiger partial charge in [0.25, 0.3) is 0 Å². The molecule has 0 bridgehead atoms. The second kappa shape index (κ2) is 4.66. The van der Waals surface area contributed by atoms with Crippen LogP contribution in [0.25, 0.3) is 0 Å². The summed E-state index contributed by atoms with van der Waals surface area (Å²) in [4.78, 5) is 0. The van der Waals surface area contributed by atoms with Crippen molar-refractivity contribution in [1.29, 1.82) is 0 Å². The summed E-state index contributed by atoms with van der Waals surface area (Å²) in [6, 6.07) is 0. The molecule has 2 atom stereocenters. The van der Waals surface area contributed by atoms with Crippen LogP contribution in [0, 0.1) is 0 Å². The molecule has 66 valence electrons. The normalized spacial score (nSPS) is 28.4. The van der Waals surface area contributed by atoms with Gasteiger partial charge in [-0.25, -0.2) is 0 Å². The molecule has 1 saturated heterocycles. The standard InChI is InChI=1S/C7H16N2O2/c1-6(10)4-9-7-5-11-3-2-8-7/h6-10H,2-5H2,1H3. The molecule has 0 aromatic heterocycles. The van der Waals surface area contributed by atoms with Gasteiger partial charge in [-0.2, -0.15) is 0 Å².